The number of aryl methyl sites for hydroxylation is 1. The summed E-state index contributed by atoms with van der Waals surface area (Å²) >= 11 is 3.61. The third-order valence-corrected chi connectivity index (χ3v) is 4.54. The molecule has 0 aliphatic carbocycles. The number of halogens is 1. The molecule has 0 radical (unpaired) electrons. The van der Waals surface area contributed by atoms with Crippen molar-refractivity contribution in [3.8, 4) is 0 Å². The predicted octanol–water partition coefficient (Wildman–Crippen LogP) is 4.08. The lowest BCUT2D eigenvalue weighted by Crippen LogP contribution is -2.11. The van der Waals surface area contributed by atoms with Crippen molar-refractivity contribution in [3.63, 3.8) is 0 Å². The van der Waals surface area contributed by atoms with Crippen molar-refractivity contribution in [1.82, 2.24) is 0 Å². The van der Waals surface area contributed by atoms with Gasteiger partial charge in [0, 0.05) is 22.7 Å². The van der Waals surface area contributed by atoms with Crippen LogP contribution < -0.4 is 5.32 Å². The maximum absolute atomic E-state index is 12.0. The lowest BCUT2D eigenvalue weighted by Gasteiger charge is -2.06. The van der Waals surface area contributed by atoms with E-state index in [1.54, 1.807) is 23.6 Å². The first kappa shape index (κ1) is 14.9. The van der Waals surface area contributed by atoms with Crippen molar-refractivity contribution >= 4 is 51.2 Å². The molecule has 0 saturated carbocycles. The molecule has 1 amide bonds. The van der Waals surface area contributed by atoms with Crippen LogP contribution in [0.25, 0.3) is 0 Å². The molecule has 7 heteroatoms. The minimum absolute atomic E-state index is 0.0326. The molecule has 2 aromatic rings. The molecular weight excluding hydrogens is 391 g/mol. The number of nitro groups is 1. The van der Waals surface area contributed by atoms with Gasteiger partial charge in [-0.1, -0.05) is 13.0 Å². The van der Waals surface area contributed by atoms with Crippen molar-refractivity contribution in [2.45, 2.75) is 13.3 Å². The van der Waals surface area contributed by atoms with Crippen LogP contribution in [0.1, 0.15) is 22.8 Å². The number of anilines is 1. The molecule has 0 fully saturated rings. The van der Waals surface area contributed by atoms with Gasteiger partial charge in [-0.3, -0.25) is 14.9 Å². The monoisotopic (exact) mass is 402 g/mol. The summed E-state index contributed by atoms with van der Waals surface area (Å²) in [6.45, 7) is 1.86. The van der Waals surface area contributed by atoms with E-state index in [0.717, 1.165) is 2.88 Å². The van der Waals surface area contributed by atoms with Crippen LogP contribution in [0.2, 0.25) is 0 Å². The van der Waals surface area contributed by atoms with E-state index in [0.29, 0.717) is 23.2 Å². The molecule has 5 nitrogen and oxygen atoms in total. The summed E-state index contributed by atoms with van der Waals surface area (Å²) in [5.74, 6) is -0.261. The molecule has 0 spiro atoms. The van der Waals surface area contributed by atoms with Gasteiger partial charge in [-0.05, 0) is 41.1 Å². The molecule has 1 aromatic carbocycles. The summed E-state index contributed by atoms with van der Waals surface area (Å²) in [5.41, 5.74) is 1.67. The number of carbonyl (C=O) groups excluding carboxylic acids is 1. The maximum Gasteiger partial charge on any atom is 0.274 e. The molecule has 1 aromatic heterocycles. The van der Waals surface area contributed by atoms with Gasteiger partial charge in [-0.15, -0.1) is 11.3 Å². The molecule has 1 N–H and O–H groups in total. The Balaban J connectivity index is 2.23. The molecule has 0 atom stereocenters. The average molecular weight is 402 g/mol. The highest BCUT2D eigenvalue weighted by atomic mass is 127. The summed E-state index contributed by atoms with van der Waals surface area (Å²) in [5, 5.41) is 15.4. The van der Waals surface area contributed by atoms with Crippen LogP contribution in [0.3, 0.4) is 0 Å². The van der Waals surface area contributed by atoms with Crippen LogP contribution in [0.5, 0.6) is 0 Å². The number of benzene rings is 1. The van der Waals surface area contributed by atoms with E-state index in [4.69, 9.17) is 0 Å². The number of carbonyl (C=O) groups is 1. The smallest absolute Gasteiger partial charge is 0.274 e. The van der Waals surface area contributed by atoms with Gasteiger partial charge in [0.1, 0.15) is 0 Å². The Hall–Kier alpha value is -1.48. The summed E-state index contributed by atoms with van der Waals surface area (Å²) in [6.07, 6.45) is 0.577. The van der Waals surface area contributed by atoms with E-state index in [2.05, 4.69) is 27.9 Å². The number of nitrogens with zero attached hydrogens (tertiary/aromatic N) is 1. The lowest BCUT2D eigenvalue weighted by molar-refractivity contribution is -0.385. The second-order valence-corrected chi connectivity index (χ2v) is 6.85. The molecule has 104 valence electrons. The predicted molar refractivity (Wildman–Crippen MR) is 87.5 cm³/mol. The normalized spacial score (nSPS) is 10.3. The van der Waals surface area contributed by atoms with Crippen molar-refractivity contribution in [1.29, 1.82) is 0 Å². The largest absolute Gasteiger partial charge is 0.322 e. The van der Waals surface area contributed by atoms with Gasteiger partial charge in [0.2, 0.25) is 0 Å². The number of thiophene rings is 1. The first-order valence-corrected chi connectivity index (χ1v) is 7.79. The van der Waals surface area contributed by atoms with E-state index >= 15 is 0 Å². The summed E-state index contributed by atoms with van der Waals surface area (Å²) in [6, 6.07) is 6.52. The Morgan fingerprint density at radius 2 is 2.20 bits per heavy atom. The molecule has 20 heavy (non-hydrogen) atoms. The fraction of sp³-hybridized carbons (Fsp3) is 0.154. The average Bonchev–Trinajstić information content (AvgIpc) is 2.85. The fourth-order valence-corrected chi connectivity index (χ4v) is 3.07. The van der Waals surface area contributed by atoms with Gasteiger partial charge in [0.25, 0.3) is 11.6 Å². The zero-order valence-electron chi connectivity index (χ0n) is 10.6. The van der Waals surface area contributed by atoms with E-state index in [9.17, 15) is 14.9 Å². The molecule has 2 rings (SSSR count). The topological polar surface area (TPSA) is 72.2 Å². The Kier molecular flexibility index (Phi) is 4.71. The van der Waals surface area contributed by atoms with Crippen LogP contribution in [0.4, 0.5) is 11.4 Å². The van der Waals surface area contributed by atoms with Gasteiger partial charge in [0.05, 0.1) is 13.4 Å². The number of nitro benzene ring substituents is 1. The summed E-state index contributed by atoms with van der Waals surface area (Å²) < 4.78 is 1.01. The third kappa shape index (κ3) is 3.34. The number of hydrogen-bond donors (Lipinski definition) is 1. The Bertz CT molecular complexity index is 669. The van der Waals surface area contributed by atoms with Crippen LogP contribution in [0.15, 0.2) is 29.6 Å². The number of hydrogen-bond acceptors (Lipinski definition) is 4. The van der Waals surface area contributed by atoms with Crippen molar-refractivity contribution < 1.29 is 9.72 Å². The van der Waals surface area contributed by atoms with Crippen LogP contribution in [-0.4, -0.2) is 10.8 Å². The highest BCUT2D eigenvalue weighted by Crippen LogP contribution is 2.24. The Morgan fingerprint density at radius 3 is 2.75 bits per heavy atom. The molecule has 0 unspecified atom stereocenters. The first-order valence-electron chi connectivity index (χ1n) is 5.84. The molecule has 0 bridgehead atoms. The fourth-order valence-electron chi connectivity index (χ4n) is 1.74. The van der Waals surface area contributed by atoms with Crippen LogP contribution in [0, 0.1) is 13.0 Å². The quantitative estimate of drug-likeness (QED) is 0.476. The van der Waals surface area contributed by atoms with Crippen molar-refractivity contribution in [3.05, 3.63) is 53.8 Å². The Labute approximate surface area is 133 Å². The zero-order valence-corrected chi connectivity index (χ0v) is 13.5. The minimum Gasteiger partial charge on any atom is -0.322 e. The molecular formula is C13H11IN2O3S. The first-order chi connectivity index (χ1) is 9.51. The van der Waals surface area contributed by atoms with Crippen molar-refractivity contribution in [2.75, 3.05) is 5.32 Å². The van der Waals surface area contributed by atoms with Gasteiger partial charge in [-0.25, -0.2) is 0 Å². The van der Waals surface area contributed by atoms with E-state index in [1.807, 2.05) is 6.92 Å². The third-order valence-electron chi connectivity index (χ3n) is 2.75. The SMILES string of the molecule is CCc1ccc(NC(=O)c2csc(I)c2)cc1[N+](=O)[O-]. The molecule has 1 heterocycles. The van der Waals surface area contributed by atoms with Crippen molar-refractivity contribution in [2.24, 2.45) is 0 Å². The summed E-state index contributed by atoms with van der Waals surface area (Å²) in [4.78, 5) is 22.5. The van der Waals surface area contributed by atoms with Crippen LogP contribution >= 0.6 is 33.9 Å². The summed E-state index contributed by atoms with van der Waals surface area (Å²) in [7, 11) is 0. The van der Waals surface area contributed by atoms with E-state index in [1.165, 1.54) is 17.4 Å². The standard InChI is InChI=1S/C13H11IN2O3S/c1-2-8-3-4-10(6-11(8)16(18)19)15-13(17)9-5-12(14)20-7-9/h3-7H,2H2,1H3,(H,15,17). The van der Waals surface area contributed by atoms with Gasteiger partial charge in [-0.2, -0.15) is 0 Å². The highest BCUT2D eigenvalue weighted by molar-refractivity contribution is 14.1. The number of rotatable bonds is 4. The minimum atomic E-state index is -0.429. The van der Waals surface area contributed by atoms with E-state index in [-0.39, 0.29) is 11.6 Å². The lowest BCUT2D eigenvalue weighted by atomic mass is 10.1. The molecule has 0 aliphatic heterocycles. The van der Waals surface area contributed by atoms with Crippen LogP contribution in [-0.2, 0) is 6.42 Å². The number of nitrogens with one attached hydrogen (secondary N) is 1. The Morgan fingerprint density at radius 1 is 1.45 bits per heavy atom. The second-order valence-electron chi connectivity index (χ2n) is 4.05. The zero-order chi connectivity index (χ0) is 14.7. The highest BCUT2D eigenvalue weighted by Gasteiger charge is 2.15. The van der Waals surface area contributed by atoms with E-state index < -0.39 is 4.92 Å². The molecule has 0 aliphatic rings. The number of amides is 1. The van der Waals surface area contributed by atoms with Gasteiger partial charge in [0.15, 0.2) is 0 Å². The van der Waals surface area contributed by atoms with Gasteiger partial charge < -0.3 is 5.32 Å². The maximum atomic E-state index is 12.0. The van der Waals surface area contributed by atoms with Gasteiger partial charge >= 0.3 is 0 Å². The second kappa shape index (κ2) is 6.31. The molecule has 0 saturated heterocycles.